The quantitative estimate of drug-likeness (QED) is 0.423. The van der Waals surface area contributed by atoms with Crippen LogP contribution >= 0.6 is 0 Å². The van der Waals surface area contributed by atoms with E-state index in [0.717, 1.165) is 37.9 Å². The van der Waals surface area contributed by atoms with E-state index in [1.165, 1.54) is 0 Å². The van der Waals surface area contributed by atoms with Crippen molar-refractivity contribution in [3.8, 4) is 0 Å². The fourth-order valence-electron chi connectivity index (χ4n) is 1.97. The van der Waals surface area contributed by atoms with Crippen molar-refractivity contribution in [2.45, 2.75) is 53.1 Å². The van der Waals surface area contributed by atoms with Crippen molar-refractivity contribution in [2.24, 2.45) is 5.41 Å². The number of hydrogen-bond acceptors (Lipinski definition) is 3. The molecule has 0 saturated carbocycles. The maximum Gasteiger partial charge on any atom is 0.228 e. The first-order valence-corrected chi connectivity index (χ1v) is 7.09. The Morgan fingerprint density at radius 1 is 1.37 bits per heavy atom. The molecule has 1 aliphatic rings. The average molecular weight is 269 g/mol. The smallest absolute Gasteiger partial charge is 0.228 e. The minimum absolute atomic E-state index is 0.0909. The molecule has 4 nitrogen and oxygen atoms in total. The monoisotopic (exact) mass is 269 g/mol. The Morgan fingerprint density at radius 2 is 1.95 bits per heavy atom. The van der Waals surface area contributed by atoms with Gasteiger partial charge in [-0.25, -0.2) is 9.78 Å². The van der Waals surface area contributed by atoms with Crippen molar-refractivity contribution in [1.29, 1.82) is 0 Å². The molecule has 1 fully saturated rings. The number of likely N-dealkylation sites (tertiary alicyclic amines) is 1. The van der Waals surface area contributed by atoms with E-state index < -0.39 is 0 Å². The van der Waals surface area contributed by atoms with Crippen LogP contribution in [-0.4, -0.2) is 36.6 Å². The molecule has 1 aliphatic heterocycles. The second-order valence-electron chi connectivity index (χ2n) is 6.04. The molecule has 0 unspecified atom stereocenters. The zero-order valence-electron chi connectivity index (χ0n) is 12.7. The largest absolute Gasteiger partial charge is 0.342 e. The van der Waals surface area contributed by atoms with Gasteiger partial charge < -0.3 is 4.90 Å². The summed E-state index contributed by atoms with van der Waals surface area (Å²) < 4.78 is 0. The first-order valence-electron chi connectivity index (χ1n) is 7.09. The molecule has 0 aromatic rings. The molecule has 0 radical (unpaired) electrons. The van der Waals surface area contributed by atoms with Crippen LogP contribution in [0.15, 0.2) is 12.2 Å². The van der Waals surface area contributed by atoms with Gasteiger partial charge in [-0.2, -0.15) is 0 Å². The molecule has 0 atom stereocenters. The molecule has 4 heteroatoms. The molecule has 110 valence electrons. The highest BCUT2D eigenvalue weighted by molar-refractivity contribution is 5.81. The number of hydrogen-bond donors (Lipinski definition) is 0. The molecule has 1 rings (SSSR count). The summed E-state index contributed by atoms with van der Waals surface area (Å²) in [7, 11) is 0. The minimum atomic E-state index is -0.260. The fraction of sp³-hybridized carbons (Fsp3) is 0.800. The lowest BCUT2D eigenvalue weighted by molar-refractivity contribution is -0.323. The van der Waals surface area contributed by atoms with Gasteiger partial charge in [0, 0.05) is 18.5 Å². The van der Waals surface area contributed by atoms with Crippen LogP contribution in [0.2, 0.25) is 0 Å². The number of rotatable bonds is 6. The molecule has 0 N–H and O–H groups in total. The highest BCUT2D eigenvalue weighted by Crippen LogP contribution is 2.25. The lowest BCUT2D eigenvalue weighted by atomic mass is 9.88. The lowest BCUT2D eigenvalue weighted by Gasteiger charge is -2.36. The van der Waals surface area contributed by atoms with Gasteiger partial charge in [0.2, 0.25) is 5.91 Å². The van der Waals surface area contributed by atoms with Gasteiger partial charge in [0.1, 0.15) is 6.61 Å². The number of nitrogens with zero attached hydrogens (tertiary/aromatic N) is 1. The Bertz CT molecular complexity index is 317. The Labute approximate surface area is 116 Å². The van der Waals surface area contributed by atoms with E-state index in [1.54, 1.807) is 0 Å². The summed E-state index contributed by atoms with van der Waals surface area (Å²) in [6.07, 6.45) is 2.63. The van der Waals surface area contributed by atoms with Crippen LogP contribution in [0.3, 0.4) is 0 Å². The van der Waals surface area contributed by atoms with Gasteiger partial charge in [-0.1, -0.05) is 32.9 Å². The Hall–Kier alpha value is -0.870. The first kappa shape index (κ1) is 16.2. The normalized spacial score (nSPS) is 17.6. The molecule has 0 aromatic heterocycles. The zero-order valence-corrected chi connectivity index (χ0v) is 12.7. The predicted molar refractivity (Wildman–Crippen MR) is 75.5 cm³/mol. The van der Waals surface area contributed by atoms with Gasteiger partial charge in [0.05, 0.1) is 6.10 Å². The lowest BCUT2D eigenvalue weighted by Crippen LogP contribution is -2.46. The Balaban J connectivity index is 2.33. The van der Waals surface area contributed by atoms with Crippen LogP contribution in [0.1, 0.15) is 47.0 Å². The third kappa shape index (κ3) is 4.96. The summed E-state index contributed by atoms with van der Waals surface area (Å²) in [4.78, 5) is 24.7. The van der Waals surface area contributed by atoms with Gasteiger partial charge >= 0.3 is 0 Å². The van der Waals surface area contributed by atoms with Crippen molar-refractivity contribution >= 4 is 5.91 Å². The number of piperidine rings is 1. The van der Waals surface area contributed by atoms with Crippen LogP contribution in [-0.2, 0) is 14.6 Å². The van der Waals surface area contributed by atoms with Crippen LogP contribution in [0.5, 0.6) is 0 Å². The number of carbonyl (C=O) groups is 1. The third-order valence-corrected chi connectivity index (χ3v) is 3.70. The first-order chi connectivity index (χ1) is 8.86. The molecular weight excluding hydrogens is 242 g/mol. The molecule has 1 saturated heterocycles. The van der Waals surface area contributed by atoms with Gasteiger partial charge in [-0.05, 0) is 26.2 Å². The number of carbonyl (C=O) groups excluding carboxylic acids is 1. The second-order valence-corrected chi connectivity index (χ2v) is 6.04. The molecular formula is C15H27NO3. The molecule has 0 bridgehead atoms. The maximum atomic E-state index is 12.3. The topological polar surface area (TPSA) is 38.8 Å². The van der Waals surface area contributed by atoms with E-state index in [0.29, 0.717) is 6.61 Å². The summed E-state index contributed by atoms with van der Waals surface area (Å²) in [6.45, 7) is 13.7. The van der Waals surface area contributed by atoms with E-state index in [1.807, 2.05) is 25.7 Å². The zero-order chi connectivity index (χ0) is 14.5. The van der Waals surface area contributed by atoms with E-state index in [2.05, 4.69) is 13.5 Å². The third-order valence-electron chi connectivity index (χ3n) is 3.70. The number of amides is 1. The standard InChI is InChI=1S/C15H27NO3/c1-6-15(4,5)14(17)16-9-7-13(8-10-16)19-18-11-12(2)3/h13H,2,6-11H2,1,3-5H3. The van der Waals surface area contributed by atoms with Crippen molar-refractivity contribution < 1.29 is 14.6 Å². The summed E-state index contributed by atoms with van der Waals surface area (Å²) in [5.41, 5.74) is 0.682. The van der Waals surface area contributed by atoms with Crippen molar-refractivity contribution in [3.05, 3.63) is 12.2 Å². The van der Waals surface area contributed by atoms with Gasteiger partial charge in [0.15, 0.2) is 0 Å². The fourth-order valence-corrected chi connectivity index (χ4v) is 1.97. The summed E-state index contributed by atoms with van der Waals surface area (Å²) in [5.74, 6) is 0.247. The van der Waals surface area contributed by atoms with Crippen LogP contribution in [0, 0.1) is 5.41 Å². The molecule has 0 spiro atoms. The summed E-state index contributed by atoms with van der Waals surface area (Å²) in [6, 6.07) is 0. The van der Waals surface area contributed by atoms with Gasteiger partial charge in [-0.15, -0.1) is 0 Å². The van der Waals surface area contributed by atoms with Crippen LogP contribution < -0.4 is 0 Å². The molecule has 0 aliphatic carbocycles. The van der Waals surface area contributed by atoms with Crippen molar-refractivity contribution in [3.63, 3.8) is 0 Å². The highest BCUT2D eigenvalue weighted by atomic mass is 17.2. The van der Waals surface area contributed by atoms with E-state index in [-0.39, 0.29) is 17.4 Å². The van der Waals surface area contributed by atoms with Crippen LogP contribution in [0.25, 0.3) is 0 Å². The Morgan fingerprint density at radius 3 is 2.42 bits per heavy atom. The average Bonchev–Trinajstić information content (AvgIpc) is 2.38. The van der Waals surface area contributed by atoms with Gasteiger partial charge in [-0.3, -0.25) is 4.79 Å². The van der Waals surface area contributed by atoms with E-state index in [9.17, 15) is 4.79 Å². The van der Waals surface area contributed by atoms with Crippen LogP contribution in [0.4, 0.5) is 0 Å². The Kier molecular flexibility index (Phi) is 6.01. The molecule has 1 amide bonds. The maximum absolute atomic E-state index is 12.3. The van der Waals surface area contributed by atoms with E-state index >= 15 is 0 Å². The highest BCUT2D eigenvalue weighted by Gasteiger charge is 2.32. The summed E-state index contributed by atoms with van der Waals surface area (Å²) >= 11 is 0. The molecule has 0 aromatic carbocycles. The minimum Gasteiger partial charge on any atom is -0.342 e. The summed E-state index contributed by atoms with van der Waals surface area (Å²) in [5, 5.41) is 0. The van der Waals surface area contributed by atoms with Crippen molar-refractivity contribution in [2.75, 3.05) is 19.7 Å². The molecule has 19 heavy (non-hydrogen) atoms. The van der Waals surface area contributed by atoms with Gasteiger partial charge in [0.25, 0.3) is 0 Å². The second kappa shape index (κ2) is 7.06. The van der Waals surface area contributed by atoms with E-state index in [4.69, 9.17) is 9.78 Å². The molecule has 1 heterocycles. The predicted octanol–water partition coefficient (Wildman–Crippen LogP) is 2.94. The SMILES string of the molecule is C=C(C)COOC1CCN(C(=O)C(C)(C)CC)CC1. The van der Waals surface area contributed by atoms with Crippen molar-refractivity contribution in [1.82, 2.24) is 4.90 Å².